The number of rotatable bonds is 2. The summed E-state index contributed by atoms with van der Waals surface area (Å²) in [6, 6.07) is 0. The summed E-state index contributed by atoms with van der Waals surface area (Å²) in [6.07, 6.45) is 1.85. The summed E-state index contributed by atoms with van der Waals surface area (Å²) in [4.78, 5) is 23.8. The molecule has 0 unspecified atom stereocenters. The van der Waals surface area contributed by atoms with E-state index in [1.165, 1.54) is 4.90 Å². The second-order valence-electron chi connectivity index (χ2n) is 3.21. The lowest BCUT2D eigenvalue weighted by atomic mass is 10.1. The lowest BCUT2D eigenvalue weighted by Crippen LogP contribution is -2.42. The van der Waals surface area contributed by atoms with Crippen molar-refractivity contribution in [3.63, 3.8) is 0 Å². The van der Waals surface area contributed by atoms with Crippen LogP contribution in [0.15, 0.2) is 0 Å². The quantitative estimate of drug-likeness (QED) is 0.429. The number of piperidine rings is 1. The number of carbonyl (C=O) groups excluding carboxylic acids is 2. The Bertz CT molecular complexity index is 206. The molecule has 4 heteroatoms. The van der Waals surface area contributed by atoms with Crippen LogP contribution in [0.5, 0.6) is 0 Å². The molecule has 0 aromatic rings. The first kappa shape index (κ1) is 7.73. The van der Waals surface area contributed by atoms with Crippen LogP contribution in [0.25, 0.3) is 0 Å². The van der Waals surface area contributed by atoms with E-state index in [1.54, 1.807) is 0 Å². The Balaban J connectivity index is 1.97. The summed E-state index contributed by atoms with van der Waals surface area (Å²) in [5.41, 5.74) is 0. The largest absolute Gasteiger partial charge is 0.371 e. The van der Waals surface area contributed by atoms with Gasteiger partial charge in [-0.25, -0.2) is 0 Å². The van der Waals surface area contributed by atoms with Gasteiger partial charge in [-0.15, -0.1) is 0 Å². The fourth-order valence-corrected chi connectivity index (χ4v) is 1.38. The highest BCUT2D eigenvalue weighted by Crippen LogP contribution is 2.17. The van der Waals surface area contributed by atoms with Crippen LogP contribution in [0, 0.1) is 0 Å². The van der Waals surface area contributed by atoms with Crippen molar-refractivity contribution in [2.75, 3.05) is 13.2 Å². The Hall–Kier alpha value is -0.900. The maximum atomic E-state index is 11.2. The van der Waals surface area contributed by atoms with Gasteiger partial charge in [0.1, 0.15) is 0 Å². The van der Waals surface area contributed by atoms with E-state index < -0.39 is 0 Å². The Morgan fingerprint density at radius 1 is 1.33 bits per heavy atom. The van der Waals surface area contributed by atoms with E-state index >= 15 is 0 Å². The Morgan fingerprint density at radius 2 is 1.92 bits per heavy atom. The van der Waals surface area contributed by atoms with Gasteiger partial charge in [-0.2, -0.15) is 0 Å². The first-order valence-electron chi connectivity index (χ1n) is 4.22. The van der Waals surface area contributed by atoms with Crippen molar-refractivity contribution in [2.24, 2.45) is 0 Å². The van der Waals surface area contributed by atoms with Crippen LogP contribution in [0.4, 0.5) is 0 Å². The molecule has 0 aliphatic carbocycles. The molecular weight excluding hydrogens is 158 g/mol. The number of hydrogen-bond acceptors (Lipinski definition) is 3. The molecule has 0 saturated carbocycles. The second-order valence-corrected chi connectivity index (χ2v) is 3.21. The van der Waals surface area contributed by atoms with Crippen molar-refractivity contribution in [3.8, 4) is 0 Å². The number of ether oxygens (including phenoxy) is 1. The van der Waals surface area contributed by atoms with E-state index in [9.17, 15) is 9.59 Å². The van der Waals surface area contributed by atoms with Crippen molar-refractivity contribution in [3.05, 3.63) is 0 Å². The van der Waals surface area contributed by atoms with E-state index in [-0.39, 0.29) is 17.9 Å². The summed E-state index contributed by atoms with van der Waals surface area (Å²) in [6.45, 7) is 1.16. The summed E-state index contributed by atoms with van der Waals surface area (Å²) < 4.78 is 4.96. The van der Waals surface area contributed by atoms with Crippen molar-refractivity contribution < 1.29 is 14.3 Å². The van der Waals surface area contributed by atoms with Gasteiger partial charge in [-0.05, 0) is 6.42 Å². The summed E-state index contributed by atoms with van der Waals surface area (Å²) >= 11 is 0. The first-order chi connectivity index (χ1) is 5.77. The normalized spacial score (nSPS) is 29.3. The van der Waals surface area contributed by atoms with Gasteiger partial charge in [-0.1, -0.05) is 0 Å². The van der Waals surface area contributed by atoms with E-state index in [4.69, 9.17) is 4.74 Å². The highest BCUT2D eigenvalue weighted by atomic mass is 16.6. The van der Waals surface area contributed by atoms with Crippen LogP contribution < -0.4 is 0 Å². The molecule has 0 N–H and O–H groups in total. The smallest absolute Gasteiger partial charge is 0.229 e. The topological polar surface area (TPSA) is 49.9 Å². The molecule has 2 aliphatic rings. The van der Waals surface area contributed by atoms with Crippen molar-refractivity contribution in [2.45, 2.75) is 25.4 Å². The Labute approximate surface area is 70.5 Å². The molecule has 2 saturated heterocycles. The van der Waals surface area contributed by atoms with Gasteiger partial charge < -0.3 is 4.74 Å². The summed E-state index contributed by atoms with van der Waals surface area (Å²) in [5.74, 6) is -0.0801. The number of likely N-dealkylation sites (tertiary alicyclic amines) is 1. The van der Waals surface area contributed by atoms with Gasteiger partial charge in [0.2, 0.25) is 11.8 Å². The molecule has 66 valence electrons. The molecule has 0 radical (unpaired) electrons. The zero-order valence-corrected chi connectivity index (χ0v) is 6.78. The zero-order valence-electron chi connectivity index (χ0n) is 6.78. The van der Waals surface area contributed by atoms with Gasteiger partial charge in [-0.3, -0.25) is 14.5 Å². The van der Waals surface area contributed by atoms with E-state index in [0.717, 1.165) is 0 Å². The highest BCUT2D eigenvalue weighted by Gasteiger charge is 2.32. The third-order valence-corrected chi connectivity index (χ3v) is 2.17. The van der Waals surface area contributed by atoms with E-state index in [1.807, 2.05) is 0 Å². The molecule has 2 amide bonds. The predicted molar refractivity (Wildman–Crippen MR) is 40.3 cm³/mol. The maximum absolute atomic E-state index is 11.2. The number of carbonyl (C=O) groups is 2. The van der Waals surface area contributed by atoms with Gasteiger partial charge in [0, 0.05) is 12.8 Å². The van der Waals surface area contributed by atoms with Gasteiger partial charge in [0.05, 0.1) is 19.3 Å². The standard InChI is InChI=1S/C8H11NO3/c10-7-2-1-3-8(11)9(7)4-6-5-12-6/h6H,1-5H2/t6-/m0/s1. The molecular formula is C8H11NO3. The SMILES string of the molecule is O=C1CCCC(=O)N1C[C@H]1CO1. The third kappa shape index (κ3) is 1.48. The van der Waals surface area contributed by atoms with Crippen LogP contribution in [0.2, 0.25) is 0 Å². The van der Waals surface area contributed by atoms with Crippen LogP contribution in [-0.4, -0.2) is 36.0 Å². The highest BCUT2D eigenvalue weighted by molar-refractivity contribution is 5.97. The predicted octanol–water partition coefficient (Wildman–Crippen LogP) is -0.0757. The zero-order chi connectivity index (χ0) is 8.55. The van der Waals surface area contributed by atoms with Crippen molar-refractivity contribution in [1.82, 2.24) is 4.90 Å². The molecule has 2 heterocycles. The Morgan fingerprint density at radius 3 is 2.42 bits per heavy atom. The molecule has 0 aromatic carbocycles. The van der Waals surface area contributed by atoms with E-state index in [0.29, 0.717) is 32.4 Å². The molecule has 0 aromatic heterocycles. The first-order valence-corrected chi connectivity index (χ1v) is 4.22. The summed E-state index contributed by atoms with van der Waals surface area (Å²) in [5, 5.41) is 0. The van der Waals surface area contributed by atoms with Crippen LogP contribution in [0.1, 0.15) is 19.3 Å². The average Bonchev–Trinajstić information content (AvgIpc) is 2.80. The maximum Gasteiger partial charge on any atom is 0.229 e. The number of epoxide rings is 1. The fourth-order valence-electron chi connectivity index (χ4n) is 1.38. The second kappa shape index (κ2) is 2.86. The molecule has 2 rings (SSSR count). The van der Waals surface area contributed by atoms with Crippen LogP contribution in [0.3, 0.4) is 0 Å². The molecule has 2 fully saturated rings. The summed E-state index contributed by atoms with van der Waals surface area (Å²) in [7, 11) is 0. The minimum absolute atomic E-state index is 0.0400. The number of nitrogens with zero attached hydrogens (tertiary/aromatic N) is 1. The molecule has 2 aliphatic heterocycles. The van der Waals surface area contributed by atoms with Crippen molar-refractivity contribution in [1.29, 1.82) is 0 Å². The molecule has 1 atom stereocenters. The number of hydrogen-bond donors (Lipinski definition) is 0. The lowest BCUT2D eigenvalue weighted by Gasteiger charge is -2.23. The average molecular weight is 169 g/mol. The molecule has 0 bridgehead atoms. The Kier molecular flexibility index (Phi) is 1.84. The number of imide groups is 1. The van der Waals surface area contributed by atoms with Gasteiger partial charge >= 0.3 is 0 Å². The molecule has 0 spiro atoms. The monoisotopic (exact) mass is 169 g/mol. The minimum atomic E-state index is -0.0400. The lowest BCUT2D eigenvalue weighted by molar-refractivity contribution is -0.148. The molecule has 4 nitrogen and oxygen atoms in total. The van der Waals surface area contributed by atoms with Crippen LogP contribution >= 0.6 is 0 Å². The van der Waals surface area contributed by atoms with Crippen molar-refractivity contribution >= 4 is 11.8 Å². The molecule has 12 heavy (non-hydrogen) atoms. The van der Waals surface area contributed by atoms with Gasteiger partial charge in [0.15, 0.2) is 0 Å². The third-order valence-electron chi connectivity index (χ3n) is 2.17. The van der Waals surface area contributed by atoms with Crippen LogP contribution in [-0.2, 0) is 14.3 Å². The minimum Gasteiger partial charge on any atom is -0.371 e. The number of amides is 2. The van der Waals surface area contributed by atoms with E-state index in [2.05, 4.69) is 0 Å². The van der Waals surface area contributed by atoms with Gasteiger partial charge in [0.25, 0.3) is 0 Å². The fraction of sp³-hybridized carbons (Fsp3) is 0.750.